The number of hydrogen-bond donors (Lipinski definition) is 3. The number of rotatable bonds is 5. The summed E-state index contributed by atoms with van der Waals surface area (Å²) in [6.45, 7) is 0.310. The van der Waals surface area contributed by atoms with Crippen molar-refractivity contribution in [3.8, 4) is 0 Å². The van der Waals surface area contributed by atoms with Crippen molar-refractivity contribution < 1.29 is 9.90 Å². The van der Waals surface area contributed by atoms with Gasteiger partial charge in [-0.15, -0.1) is 0 Å². The van der Waals surface area contributed by atoms with E-state index in [0.717, 1.165) is 10.0 Å². The highest BCUT2D eigenvalue weighted by atomic mass is 79.9. The van der Waals surface area contributed by atoms with E-state index >= 15 is 0 Å². The molecule has 0 radical (unpaired) electrons. The maximum absolute atomic E-state index is 11.2. The Bertz CT molecular complexity index is 327. The number of carbonyl (C=O) groups excluding carboxylic acids is 1. The van der Waals surface area contributed by atoms with E-state index in [1.54, 1.807) is 0 Å². The Hall–Kier alpha value is -0.910. The number of halogens is 1. The molecular weight excluding hydrogens is 260 g/mol. The number of benzene rings is 1. The third-order valence-electron chi connectivity index (χ3n) is 1.95. The van der Waals surface area contributed by atoms with E-state index in [9.17, 15) is 4.79 Å². The predicted octanol–water partition coefficient (Wildman–Crippen LogP) is 0.557. The fourth-order valence-corrected chi connectivity index (χ4v) is 1.51. The van der Waals surface area contributed by atoms with Gasteiger partial charge in [0.2, 0.25) is 5.91 Å². The Morgan fingerprint density at radius 2 is 2.07 bits per heavy atom. The standard InChI is InChI=1S/C10H13BrN2O2/c11-8-3-1-7(2-4-8)9(10(12)15)13-5-6-14/h1-4,9,13-14H,5-6H2,(H2,12,15)/t9-/m1/s1. The van der Waals surface area contributed by atoms with Gasteiger partial charge in [-0.1, -0.05) is 28.1 Å². The van der Waals surface area contributed by atoms with Crippen LogP contribution in [-0.2, 0) is 4.79 Å². The lowest BCUT2D eigenvalue weighted by molar-refractivity contribution is -0.120. The second-order valence-electron chi connectivity index (χ2n) is 3.06. The first kappa shape index (κ1) is 12.2. The predicted molar refractivity (Wildman–Crippen MR) is 61.2 cm³/mol. The molecule has 15 heavy (non-hydrogen) atoms. The second-order valence-corrected chi connectivity index (χ2v) is 3.98. The van der Waals surface area contributed by atoms with Crippen molar-refractivity contribution >= 4 is 21.8 Å². The molecule has 1 amide bonds. The normalized spacial score (nSPS) is 12.4. The zero-order valence-electron chi connectivity index (χ0n) is 8.11. The van der Waals surface area contributed by atoms with Gasteiger partial charge in [-0.25, -0.2) is 0 Å². The van der Waals surface area contributed by atoms with Gasteiger partial charge in [0.05, 0.1) is 6.61 Å². The minimum atomic E-state index is -0.551. The molecular formula is C10H13BrN2O2. The summed E-state index contributed by atoms with van der Waals surface area (Å²) < 4.78 is 0.941. The van der Waals surface area contributed by atoms with Crippen LogP contribution in [0.5, 0.6) is 0 Å². The van der Waals surface area contributed by atoms with Crippen molar-refractivity contribution in [2.24, 2.45) is 5.73 Å². The Morgan fingerprint density at radius 1 is 1.47 bits per heavy atom. The highest BCUT2D eigenvalue weighted by Crippen LogP contribution is 2.16. The SMILES string of the molecule is NC(=O)[C@H](NCCO)c1ccc(Br)cc1. The fraction of sp³-hybridized carbons (Fsp3) is 0.300. The highest BCUT2D eigenvalue weighted by Gasteiger charge is 2.16. The van der Waals surface area contributed by atoms with Crippen LogP contribution in [0.15, 0.2) is 28.7 Å². The van der Waals surface area contributed by atoms with Gasteiger partial charge in [0.15, 0.2) is 0 Å². The van der Waals surface area contributed by atoms with Crippen molar-refractivity contribution in [1.82, 2.24) is 5.32 Å². The first-order chi connectivity index (χ1) is 7.15. The Labute approximate surface area is 96.6 Å². The summed E-state index contributed by atoms with van der Waals surface area (Å²) in [6, 6.07) is 6.75. The summed E-state index contributed by atoms with van der Waals surface area (Å²) in [4.78, 5) is 11.2. The molecule has 0 aliphatic heterocycles. The van der Waals surface area contributed by atoms with Crippen molar-refractivity contribution in [3.05, 3.63) is 34.3 Å². The lowest BCUT2D eigenvalue weighted by Crippen LogP contribution is -2.35. The number of nitrogens with two attached hydrogens (primary N) is 1. The van der Waals surface area contributed by atoms with E-state index in [-0.39, 0.29) is 6.61 Å². The molecule has 0 spiro atoms. The minimum Gasteiger partial charge on any atom is -0.395 e. The number of aliphatic hydroxyl groups excluding tert-OH is 1. The molecule has 1 rings (SSSR count). The summed E-state index contributed by atoms with van der Waals surface area (Å²) in [5.74, 6) is -0.453. The van der Waals surface area contributed by atoms with Crippen LogP contribution in [-0.4, -0.2) is 24.2 Å². The highest BCUT2D eigenvalue weighted by molar-refractivity contribution is 9.10. The summed E-state index contributed by atoms with van der Waals surface area (Å²) in [7, 11) is 0. The third kappa shape index (κ3) is 3.62. The molecule has 1 aromatic rings. The molecule has 0 fully saturated rings. The smallest absolute Gasteiger partial charge is 0.239 e. The molecule has 4 nitrogen and oxygen atoms in total. The van der Waals surface area contributed by atoms with Crippen LogP contribution < -0.4 is 11.1 Å². The largest absolute Gasteiger partial charge is 0.395 e. The van der Waals surface area contributed by atoms with Crippen LogP contribution in [0.2, 0.25) is 0 Å². The number of carbonyl (C=O) groups is 1. The van der Waals surface area contributed by atoms with Crippen LogP contribution in [0, 0.1) is 0 Å². The average Bonchev–Trinajstić information content (AvgIpc) is 2.21. The van der Waals surface area contributed by atoms with Crippen LogP contribution >= 0.6 is 15.9 Å². The maximum Gasteiger partial charge on any atom is 0.239 e. The van der Waals surface area contributed by atoms with Crippen molar-refractivity contribution in [1.29, 1.82) is 0 Å². The lowest BCUT2D eigenvalue weighted by Gasteiger charge is -2.14. The molecule has 0 saturated carbocycles. The van der Waals surface area contributed by atoms with Crippen molar-refractivity contribution in [2.75, 3.05) is 13.2 Å². The summed E-state index contributed by atoms with van der Waals surface area (Å²) in [5.41, 5.74) is 6.04. The first-order valence-corrected chi connectivity index (χ1v) is 5.33. The summed E-state index contributed by atoms with van der Waals surface area (Å²) >= 11 is 3.31. The Morgan fingerprint density at radius 3 is 2.53 bits per heavy atom. The molecule has 4 N–H and O–H groups in total. The molecule has 82 valence electrons. The van der Waals surface area contributed by atoms with Crippen LogP contribution in [0.25, 0.3) is 0 Å². The lowest BCUT2D eigenvalue weighted by atomic mass is 10.1. The molecule has 0 bridgehead atoms. The van der Waals surface area contributed by atoms with E-state index in [1.807, 2.05) is 24.3 Å². The van der Waals surface area contributed by atoms with Gasteiger partial charge < -0.3 is 10.8 Å². The Kier molecular flexibility index (Phi) is 4.74. The molecule has 0 heterocycles. The fourth-order valence-electron chi connectivity index (χ4n) is 1.25. The molecule has 0 aliphatic carbocycles. The maximum atomic E-state index is 11.2. The third-order valence-corrected chi connectivity index (χ3v) is 2.48. The number of amides is 1. The average molecular weight is 273 g/mol. The summed E-state index contributed by atoms with van der Waals surface area (Å²) in [5, 5.41) is 11.5. The number of nitrogens with one attached hydrogen (secondary N) is 1. The molecule has 0 aliphatic rings. The van der Waals surface area contributed by atoms with E-state index in [4.69, 9.17) is 10.8 Å². The van der Waals surface area contributed by atoms with Gasteiger partial charge in [-0.3, -0.25) is 10.1 Å². The quantitative estimate of drug-likeness (QED) is 0.733. The monoisotopic (exact) mass is 272 g/mol. The number of primary amides is 1. The van der Waals surface area contributed by atoms with E-state index in [2.05, 4.69) is 21.2 Å². The van der Waals surface area contributed by atoms with E-state index < -0.39 is 11.9 Å². The van der Waals surface area contributed by atoms with Crippen LogP contribution in [0.4, 0.5) is 0 Å². The van der Waals surface area contributed by atoms with Gasteiger partial charge in [0.1, 0.15) is 6.04 Å². The summed E-state index contributed by atoms with van der Waals surface area (Å²) in [6.07, 6.45) is 0. The zero-order valence-corrected chi connectivity index (χ0v) is 9.70. The van der Waals surface area contributed by atoms with Gasteiger partial charge in [0.25, 0.3) is 0 Å². The van der Waals surface area contributed by atoms with Crippen LogP contribution in [0.3, 0.4) is 0 Å². The molecule has 5 heteroatoms. The van der Waals surface area contributed by atoms with Crippen LogP contribution in [0.1, 0.15) is 11.6 Å². The van der Waals surface area contributed by atoms with Gasteiger partial charge in [-0.2, -0.15) is 0 Å². The van der Waals surface area contributed by atoms with Gasteiger partial charge >= 0.3 is 0 Å². The number of aliphatic hydroxyl groups is 1. The van der Waals surface area contributed by atoms with Gasteiger partial charge in [-0.05, 0) is 17.7 Å². The minimum absolute atomic E-state index is 0.0275. The van der Waals surface area contributed by atoms with E-state index in [0.29, 0.717) is 6.54 Å². The van der Waals surface area contributed by atoms with E-state index in [1.165, 1.54) is 0 Å². The molecule has 1 aromatic carbocycles. The second kappa shape index (κ2) is 5.85. The topological polar surface area (TPSA) is 75.4 Å². The zero-order chi connectivity index (χ0) is 11.3. The van der Waals surface area contributed by atoms with Crippen molar-refractivity contribution in [3.63, 3.8) is 0 Å². The molecule has 0 aromatic heterocycles. The molecule has 0 unspecified atom stereocenters. The van der Waals surface area contributed by atoms with Gasteiger partial charge in [0, 0.05) is 11.0 Å². The molecule has 0 saturated heterocycles. The van der Waals surface area contributed by atoms with Crippen molar-refractivity contribution in [2.45, 2.75) is 6.04 Å². The molecule has 1 atom stereocenters. The number of hydrogen-bond acceptors (Lipinski definition) is 3. The first-order valence-electron chi connectivity index (χ1n) is 4.54. The Balaban J connectivity index is 2.79.